The SMILES string of the molecule is CC.CC.CNCc1cnc2c(C#N)cc(C)cn12. The Kier molecular flexibility index (Phi) is 8.23. The van der Waals surface area contributed by atoms with Crippen LogP contribution >= 0.6 is 0 Å². The molecule has 0 bridgehead atoms. The van der Waals surface area contributed by atoms with Gasteiger partial charge in [-0.15, -0.1) is 0 Å². The van der Waals surface area contributed by atoms with Crippen LogP contribution in [0.2, 0.25) is 0 Å². The summed E-state index contributed by atoms with van der Waals surface area (Å²) in [6, 6.07) is 4.02. The van der Waals surface area contributed by atoms with Crippen molar-refractivity contribution < 1.29 is 0 Å². The molecule has 1 N–H and O–H groups in total. The molecule has 0 radical (unpaired) electrons. The van der Waals surface area contributed by atoms with Crippen molar-refractivity contribution in [2.75, 3.05) is 7.05 Å². The number of nitrogens with one attached hydrogen (secondary N) is 1. The van der Waals surface area contributed by atoms with Crippen molar-refractivity contribution in [3.05, 3.63) is 35.3 Å². The van der Waals surface area contributed by atoms with Gasteiger partial charge in [0.05, 0.1) is 17.5 Å². The lowest BCUT2D eigenvalue weighted by Crippen LogP contribution is -2.07. The Bertz CT molecular complexity index is 535. The molecular weight excluding hydrogens is 236 g/mol. The topological polar surface area (TPSA) is 53.1 Å². The third-order valence-electron chi connectivity index (χ3n) is 2.30. The van der Waals surface area contributed by atoms with Crippen molar-refractivity contribution in [1.29, 1.82) is 5.26 Å². The molecule has 2 aromatic heterocycles. The highest BCUT2D eigenvalue weighted by molar-refractivity contribution is 5.57. The van der Waals surface area contributed by atoms with Gasteiger partial charge in [0.2, 0.25) is 0 Å². The minimum absolute atomic E-state index is 0.623. The van der Waals surface area contributed by atoms with E-state index in [2.05, 4.69) is 16.4 Å². The molecule has 4 heteroatoms. The largest absolute Gasteiger partial charge is 0.314 e. The first-order chi connectivity index (χ1) is 9.26. The highest BCUT2D eigenvalue weighted by atomic mass is 15.0. The lowest BCUT2D eigenvalue weighted by atomic mass is 10.2. The van der Waals surface area contributed by atoms with Crippen molar-refractivity contribution >= 4 is 5.65 Å². The molecule has 0 fully saturated rings. The fourth-order valence-electron chi connectivity index (χ4n) is 1.67. The summed E-state index contributed by atoms with van der Waals surface area (Å²) in [5, 5.41) is 12.1. The highest BCUT2D eigenvalue weighted by Gasteiger charge is 2.07. The summed E-state index contributed by atoms with van der Waals surface area (Å²) in [6.45, 7) is 10.7. The van der Waals surface area contributed by atoms with Crippen LogP contribution in [0.15, 0.2) is 18.5 Å². The van der Waals surface area contributed by atoms with Crippen LogP contribution in [-0.2, 0) is 6.54 Å². The molecule has 2 rings (SSSR count). The van der Waals surface area contributed by atoms with Crippen molar-refractivity contribution in [2.24, 2.45) is 0 Å². The number of nitriles is 1. The van der Waals surface area contributed by atoms with E-state index in [9.17, 15) is 0 Å². The third kappa shape index (κ3) is 4.08. The van der Waals surface area contributed by atoms with E-state index < -0.39 is 0 Å². The molecule has 0 saturated heterocycles. The van der Waals surface area contributed by atoms with Crippen LogP contribution < -0.4 is 5.32 Å². The molecule has 0 amide bonds. The van der Waals surface area contributed by atoms with E-state index in [0.717, 1.165) is 23.4 Å². The van der Waals surface area contributed by atoms with E-state index in [1.54, 1.807) is 6.20 Å². The average Bonchev–Trinajstić information content (AvgIpc) is 2.86. The van der Waals surface area contributed by atoms with Gasteiger partial charge in [-0.2, -0.15) is 5.26 Å². The Hall–Kier alpha value is -1.86. The van der Waals surface area contributed by atoms with Gasteiger partial charge in [-0.3, -0.25) is 0 Å². The average molecular weight is 260 g/mol. The Morgan fingerprint density at radius 1 is 1.32 bits per heavy atom. The van der Waals surface area contributed by atoms with Crippen molar-refractivity contribution in [1.82, 2.24) is 14.7 Å². The number of aryl methyl sites for hydroxylation is 1. The number of rotatable bonds is 2. The van der Waals surface area contributed by atoms with Gasteiger partial charge in [0.15, 0.2) is 5.65 Å². The number of hydrogen-bond acceptors (Lipinski definition) is 3. The smallest absolute Gasteiger partial charge is 0.154 e. The molecule has 0 saturated carbocycles. The summed E-state index contributed by atoms with van der Waals surface area (Å²) < 4.78 is 1.96. The zero-order chi connectivity index (χ0) is 14.8. The van der Waals surface area contributed by atoms with E-state index in [4.69, 9.17) is 5.26 Å². The molecule has 4 nitrogen and oxygen atoms in total. The number of aromatic nitrogens is 2. The summed E-state index contributed by atoms with van der Waals surface area (Å²) in [7, 11) is 1.89. The molecule has 0 atom stereocenters. The number of fused-ring (bicyclic) bond motifs is 1. The zero-order valence-corrected chi connectivity index (χ0v) is 12.8. The number of imidazole rings is 1. The molecule has 19 heavy (non-hydrogen) atoms. The first-order valence-electron chi connectivity index (χ1n) is 6.77. The quantitative estimate of drug-likeness (QED) is 0.901. The summed E-state index contributed by atoms with van der Waals surface area (Å²) in [4.78, 5) is 4.25. The second-order valence-electron chi connectivity index (χ2n) is 3.52. The van der Waals surface area contributed by atoms with Crippen LogP contribution in [0.4, 0.5) is 0 Å². The maximum Gasteiger partial charge on any atom is 0.154 e. The number of pyridine rings is 1. The fourth-order valence-corrected chi connectivity index (χ4v) is 1.67. The maximum absolute atomic E-state index is 8.98. The Balaban J connectivity index is 0.000000741. The molecule has 0 aromatic carbocycles. The van der Waals surface area contributed by atoms with Crippen LogP contribution in [0, 0.1) is 18.3 Å². The van der Waals surface area contributed by atoms with E-state index >= 15 is 0 Å². The van der Waals surface area contributed by atoms with Gasteiger partial charge in [0.1, 0.15) is 6.07 Å². The third-order valence-corrected chi connectivity index (χ3v) is 2.30. The van der Waals surface area contributed by atoms with Crippen molar-refractivity contribution in [2.45, 2.75) is 41.2 Å². The first kappa shape index (κ1) is 17.1. The van der Waals surface area contributed by atoms with Gasteiger partial charge in [-0.1, -0.05) is 27.7 Å². The number of hydrogen-bond donors (Lipinski definition) is 1. The van der Waals surface area contributed by atoms with Gasteiger partial charge < -0.3 is 9.72 Å². The molecule has 0 aliphatic rings. The van der Waals surface area contributed by atoms with Crippen molar-refractivity contribution in [3.63, 3.8) is 0 Å². The molecule has 2 heterocycles. The molecule has 0 spiro atoms. The second-order valence-corrected chi connectivity index (χ2v) is 3.52. The summed E-state index contributed by atoms with van der Waals surface area (Å²) in [6.07, 6.45) is 3.79. The van der Waals surface area contributed by atoms with E-state index in [1.807, 2.05) is 58.3 Å². The Morgan fingerprint density at radius 2 is 1.95 bits per heavy atom. The minimum atomic E-state index is 0.623. The van der Waals surface area contributed by atoms with Crippen LogP contribution in [-0.4, -0.2) is 16.4 Å². The van der Waals surface area contributed by atoms with Gasteiger partial charge in [0.25, 0.3) is 0 Å². The summed E-state index contributed by atoms with van der Waals surface area (Å²) in [5.74, 6) is 0. The molecule has 0 aliphatic carbocycles. The molecular formula is C15H24N4. The van der Waals surface area contributed by atoms with Crippen LogP contribution in [0.25, 0.3) is 5.65 Å². The highest BCUT2D eigenvalue weighted by Crippen LogP contribution is 2.13. The minimum Gasteiger partial charge on any atom is -0.314 e. The Labute approximate surface area is 116 Å². The van der Waals surface area contributed by atoms with Gasteiger partial charge in [-0.25, -0.2) is 4.98 Å². The van der Waals surface area contributed by atoms with E-state index in [0.29, 0.717) is 5.56 Å². The van der Waals surface area contributed by atoms with Crippen LogP contribution in [0.1, 0.15) is 44.5 Å². The molecule has 0 unspecified atom stereocenters. The lowest BCUT2D eigenvalue weighted by Gasteiger charge is -2.03. The molecule has 2 aromatic rings. The maximum atomic E-state index is 8.98. The predicted molar refractivity (Wildman–Crippen MR) is 80.1 cm³/mol. The van der Waals surface area contributed by atoms with Crippen LogP contribution in [0.5, 0.6) is 0 Å². The van der Waals surface area contributed by atoms with Gasteiger partial charge in [-0.05, 0) is 25.6 Å². The van der Waals surface area contributed by atoms with Crippen molar-refractivity contribution in [3.8, 4) is 6.07 Å². The molecule has 104 valence electrons. The van der Waals surface area contributed by atoms with E-state index in [-0.39, 0.29) is 0 Å². The number of nitrogens with zero attached hydrogens (tertiary/aromatic N) is 3. The van der Waals surface area contributed by atoms with Crippen LogP contribution in [0.3, 0.4) is 0 Å². The van der Waals surface area contributed by atoms with E-state index in [1.165, 1.54) is 0 Å². The monoisotopic (exact) mass is 260 g/mol. The zero-order valence-electron chi connectivity index (χ0n) is 12.8. The second kappa shape index (κ2) is 9.12. The Morgan fingerprint density at radius 3 is 2.47 bits per heavy atom. The lowest BCUT2D eigenvalue weighted by molar-refractivity contribution is 0.781. The standard InChI is InChI=1S/C11H12N4.2C2H6/c1-8-3-9(4-12)11-14-6-10(5-13-2)15(11)7-8;2*1-2/h3,6-7,13H,5H2,1-2H3;2*1-2H3. The summed E-state index contributed by atoms with van der Waals surface area (Å²) >= 11 is 0. The van der Waals surface area contributed by atoms with Gasteiger partial charge >= 0.3 is 0 Å². The first-order valence-corrected chi connectivity index (χ1v) is 6.77. The fraction of sp³-hybridized carbons (Fsp3) is 0.467. The molecule has 0 aliphatic heterocycles. The summed E-state index contributed by atoms with van der Waals surface area (Å²) in [5.41, 5.74) is 3.48. The normalized spacial score (nSPS) is 8.89. The van der Waals surface area contributed by atoms with Gasteiger partial charge in [0, 0.05) is 12.7 Å². The predicted octanol–water partition coefficient (Wildman–Crippen LogP) is 3.29.